The standard InChI is InChI=1S/C17H11ClF2N2OS/c1-9-6-11(18)3-5-15(9)22-16(23)14(21-17(22)24)8-10-2-4-12(19)13(20)7-10/h2-8H,1H3,(H,21,24)/b14-8+. The molecular formula is C17H11ClF2N2OS. The van der Waals surface area contributed by atoms with E-state index >= 15 is 0 Å². The first-order valence-electron chi connectivity index (χ1n) is 6.95. The summed E-state index contributed by atoms with van der Waals surface area (Å²) in [5.74, 6) is -2.31. The van der Waals surface area contributed by atoms with Crippen molar-refractivity contribution in [2.75, 3.05) is 4.90 Å². The average Bonchev–Trinajstić information content (AvgIpc) is 2.78. The second-order valence-electron chi connectivity index (χ2n) is 5.23. The second-order valence-corrected chi connectivity index (χ2v) is 6.06. The van der Waals surface area contributed by atoms with Gasteiger partial charge in [0.15, 0.2) is 16.7 Å². The van der Waals surface area contributed by atoms with Crippen LogP contribution in [-0.4, -0.2) is 11.0 Å². The summed E-state index contributed by atoms with van der Waals surface area (Å²) in [6, 6.07) is 8.47. The van der Waals surface area contributed by atoms with Crippen LogP contribution in [0.2, 0.25) is 5.02 Å². The number of carbonyl (C=O) groups excluding carboxylic acids is 1. The number of amides is 1. The van der Waals surface area contributed by atoms with E-state index in [1.165, 1.54) is 17.0 Å². The summed E-state index contributed by atoms with van der Waals surface area (Å²) in [5, 5.41) is 3.56. The Morgan fingerprint density at radius 2 is 1.92 bits per heavy atom. The zero-order valence-corrected chi connectivity index (χ0v) is 14.0. The monoisotopic (exact) mass is 364 g/mol. The Kier molecular flexibility index (Phi) is 4.34. The largest absolute Gasteiger partial charge is 0.327 e. The number of benzene rings is 2. The Morgan fingerprint density at radius 1 is 1.17 bits per heavy atom. The number of aryl methyl sites for hydroxylation is 1. The summed E-state index contributed by atoms with van der Waals surface area (Å²) in [6.45, 7) is 1.81. The van der Waals surface area contributed by atoms with Crippen molar-refractivity contribution < 1.29 is 13.6 Å². The molecule has 1 amide bonds. The highest BCUT2D eigenvalue weighted by molar-refractivity contribution is 7.80. The smallest absolute Gasteiger partial charge is 0.281 e. The molecule has 1 saturated heterocycles. The number of hydrogen-bond donors (Lipinski definition) is 1. The molecule has 0 radical (unpaired) electrons. The van der Waals surface area contributed by atoms with Crippen LogP contribution in [0.5, 0.6) is 0 Å². The lowest BCUT2D eigenvalue weighted by Gasteiger charge is -2.16. The molecule has 2 aromatic carbocycles. The summed E-state index contributed by atoms with van der Waals surface area (Å²) < 4.78 is 26.3. The molecule has 0 bridgehead atoms. The molecular weight excluding hydrogens is 354 g/mol. The lowest BCUT2D eigenvalue weighted by Crippen LogP contribution is -2.30. The maximum atomic E-state index is 13.3. The van der Waals surface area contributed by atoms with Crippen molar-refractivity contribution in [3.63, 3.8) is 0 Å². The van der Waals surface area contributed by atoms with Gasteiger partial charge in [-0.25, -0.2) is 8.78 Å². The van der Waals surface area contributed by atoms with Crippen LogP contribution in [0.3, 0.4) is 0 Å². The van der Waals surface area contributed by atoms with Gasteiger partial charge in [-0.15, -0.1) is 0 Å². The summed E-state index contributed by atoms with van der Waals surface area (Å²) in [5.41, 5.74) is 1.92. The quantitative estimate of drug-likeness (QED) is 0.640. The maximum Gasteiger partial charge on any atom is 0.281 e. The van der Waals surface area contributed by atoms with E-state index in [2.05, 4.69) is 5.32 Å². The molecule has 1 fully saturated rings. The van der Waals surface area contributed by atoms with Crippen LogP contribution in [-0.2, 0) is 4.79 Å². The minimum Gasteiger partial charge on any atom is -0.327 e. The van der Waals surface area contributed by atoms with E-state index in [0.717, 1.165) is 17.7 Å². The highest BCUT2D eigenvalue weighted by Crippen LogP contribution is 2.28. The van der Waals surface area contributed by atoms with Gasteiger partial charge in [-0.1, -0.05) is 17.7 Å². The first kappa shape index (κ1) is 16.5. The van der Waals surface area contributed by atoms with Gasteiger partial charge < -0.3 is 5.32 Å². The molecule has 0 spiro atoms. The molecule has 7 heteroatoms. The third-order valence-electron chi connectivity index (χ3n) is 3.53. The number of nitrogens with one attached hydrogen (secondary N) is 1. The molecule has 1 aliphatic heterocycles. The van der Waals surface area contributed by atoms with Gasteiger partial charge in [-0.05, 0) is 66.7 Å². The van der Waals surface area contributed by atoms with Crippen molar-refractivity contribution in [3.8, 4) is 0 Å². The van der Waals surface area contributed by atoms with Gasteiger partial charge in [-0.2, -0.15) is 0 Å². The predicted octanol–water partition coefficient (Wildman–Crippen LogP) is 4.19. The van der Waals surface area contributed by atoms with Crippen molar-refractivity contribution in [3.05, 3.63) is 69.9 Å². The number of thiocarbonyl (C=S) groups is 1. The fraction of sp³-hybridized carbons (Fsp3) is 0.0588. The average molecular weight is 365 g/mol. The molecule has 0 aliphatic carbocycles. The van der Waals surface area contributed by atoms with Crippen LogP contribution in [0, 0.1) is 18.6 Å². The SMILES string of the molecule is Cc1cc(Cl)ccc1N1C(=O)/C(=C\c2ccc(F)c(F)c2)NC1=S. The van der Waals surface area contributed by atoms with Crippen LogP contribution in [0.1, 0.15) is 11.1 Å². The van der Waals surface area contributed by atoms with E-state index in [9.17, 15) is 13.6 Å². The zero-order chi connectivity index (χ0) is 17.4. The van der Waals surface area contributed by atoms with Crippen LogP contribution < -0.4 is 10.2 Å². The first-order valence-corrected chi connectivity index (χ1v) is 7.74. The Morgan fingerprint density at radius 3 is 2.58 bits per heavy atom. The molecule has 3 rings (SSSR count). The minimum absolute atomic E-state index is 0.181. The first-order chi connectivity index (χ1) is 11.4. The summed E-state index contributed by atoms with van der Waals surface area (Å²) in [4.78, 5) is 14.0. The molecule has 0 atom stereocenters. The second kappa shape index (κ2) is 6.30. The minimum atomic E-state index is -0.984. The zero-order valence-electron chi connectivity index (χ0n) is 12.4. The maximum absolute atomic E-state index is 13.3. The van der Waals surface area contributed by atoms with Crippen molar-refractivity contribution >= 4 is 46.6 Å². The van der Waals surface area contributed by atoms with E-state index in [-0.39, 0.29) is 16.7 Å². The van der Waals surface area contributed by atoms with Crippen LogP contribution >= 0.6 is 23.8 Å². The Bertz CT molecular complexity index is 898. The van der Waals surface area contributed by atoms with Crippen LogP contribution in [0.25, 0.3) is 6.08 Å². The number of rotatable bonds is 2. The van der Waals surface area contributed by atoms with Gasteiger partial charge in [0.05, 0.1) is 5.69 Å². The van der Waals surface area contributed by atoms with Crippen molar-refractivity contribution in [2.24, 2.45) is 0 Å². The van der Waals surface area contributed by atoms with Gasteiger partial charge in [0.25, 0.3) is 5.91 Å². The van der Waals surface area contributed by atoms with Gasteiger partial charge in [0.2, 0.25) is 0 Å². The number of hydrogen-bond acceptors (Lipinski definition) is 2. The number of anilines is 1. The van der Waals surface area contributed by atoms with Crippen molar-refractivity contribution in [1.82, 2.24) is 5.32 Å². The highest BCUT2D eigenvalue weighted by atomic mass is 35.5. The lowest BCUT2D eigenvalue weighted by atomic mass is 10.1. The van der Waals surface area contributed by atoms with E-state index in [1.54, 1.807) is 18.2 Å². The molecule has 1 aliphatic rings. The van der Waals surface area contributed by atoms with Crippen molar-refractivity contribution in [1.29, 1.82) is 0 Å². The predicted molar refractivity (Wildman–Crippen MR) is 93.7 cm³/mol. The third-order valence-corrected chi connectivity index (χ3v) is 4.05. The molecule has 0 aromatic heterocycles. The van der Waals surface area contributed by atoms with Gasteiger partial charge in [-0.3, -0.25) is 9.69 Å². The third kappa shape index (κ3) is 3.02. The molecule has 2 aromatic rings. The Hall–Kier alpha value is -2.31. The lowest BCUT2D eigenvalue weighted by molar-refractivity contribution is -0.113. The number of carbonyl (C=O) groups is 1. The van der Waals surface area contributed by atoms with Gasteiger partial charge >= 0.3 is 0 Å². The molecule has 1 heterocycles. The van der Waals surface area contributed by atoms with E-state index < -0.39 is 11.6 Å². The molecule has 122 valence electrons. The molecule has 24 heavy (non-hydrogen) atoms. The number of nitrogens with zero attached hydrogens (tertiary/aromatic N) is 1. The van der Waals surface area contributed by atoms with Gasteiger partial charge in [0, 0.05) is 5.02 Å². The normalized spacial score (nSPS) is 16.0. The van der Waals surface area contributed by atoms with E-state index in [0.29, 0.717) is 16.3 Å². The molecule has 0 unspecified atom stereocenters. The van der Waals surface area contributed by atoms with Gasteiger partial charge in [0.1, 0.15) is 5.70 Å². The fourth-order valence-corrected chi connectivity index (χ4v) is 2.91. The van der Waals surface area contributed by atoms with E-state index in [1.807, 2.05) is 6.92 Å². The molecule has 3 nitrogen and oxygen atoms in total. The summed E-state index contributed by atoms with van der Waals surface area (Å²) in [7, 11) is 0. The Balaban J connectivity index is 1.96. The Labute approximate surface area is 147 Å². The fourth-order valence-electron chi connectivity index (χ4n) is 2.39. The van der Waals surface area contributed by atoms with Crippen molar-refractivity contribution in [2.45, 2.75) is 6.92 Å². The van der Waals surface area contributed by atoms with E-state index in [4.69, 9.17) is 23.8 Å². The topological polar surface area (TPSA) is 32.3 Å². The molecule has 1 N–H and O–H groups in total. The number of halogens is 3. The summed E-state index contributed by atoms with van der Waals surface area (Å²) in [6.07, 6.45) is 1.42. The highest BCUT2D eigenvalue weighted by Gasteiger charge is 2.32. The molecule has 0 saturated carbocycles. The van der Waals surface area contributed by atoms with Crippen LogP contribution in [0.15, 0.2) is 42.1 Å². The van der Waals surface area contributed by atoms with Crippen LogP contribution in [0.4, 0.5) is 14.5 Å². The summed E-state index contributed by atoms with van der Waals surface area (Å²) >= 11 is 11.1.